The van der Waals surface area contributed by atoms with Crippen molar-refractivity contribution in [2.24, 2.45) is 0 Å². The lowest BCUT2D eigenvalue weighted by Crippen LogP contribution is -1.90. The van der Waals surface area contributed by atoms with Crippen molar-refractivity contribution in [2.75, 3.05) is 12.8 Å². The maximum atomic E-state index is 5.93. The van der Waals surface area contributed by atoms with Crippen molar-refractivity contribution < 1.29 is 4.74 Å². The molecule has 0 saturated heterocycles. The molecule has 0 radical (unpaired) electrons. The summed E-state index contributed by atoms with van der Waals surface area (Å²) < 4.78 is 7.73. The highest BCUT2D eigenvalue weighted by Crippen LogP contribution is 2.38. The molecule has 3 aromatic rings. The summed E-state index contributed by atoms with van der Waals surface area (Å²) in [5.41, 5.74) is 6.62. The van der Waals surface area contributed by atoms with Crippen molar-refractivity contribution >= 4 is 37.2 Å². The van der Waals surface area contributed by atoms with Gasteiger partial charge in [-0.2, -0.15) is 0 Å². The fourth-order valence-corrected chi connectivity index (χ4v) is 3.06. The number of thiophene rings is 1. The fraction of sp³-hybridized carbons (Fsp3) is 0.0769. The van der Waals surface area contributed by atoms with Crippen molar-refractivity contribution in [3.8, 4) is 5.75 Å². The Morgan fingerprint density at radius 3 is 2.69 bits per heavy atom. The highest BCUT2D eigenvalue weighted by molar-refractivity contribution is 7.25. The zero-order valence-corrected chi connectivity index (χ0v) is 9.67. The van der Waals surface area contributed by atoms with Crippen LogP contribution in [0.5, 0.6) is 5.75 Å². The molecular formula is C13H11NOS. The molecule has 0 unspecified atom stereocenters. The van der Waals surface area contributed by atoms with E-state index >= 15 is 0 Å². The summed E-state index contributed by atoms with van der Waals surface area (Å²) in [5.74, 6) is 0.749. The highest BCUT2D eigenvalue weighted by Gasteiger charge is 2.08. The van der Waals surface area contributed by atoms with E-state index in [1.165, 1.54) is 20.2 Å². The molecule has 2 N–H and O–H groups in total. The summed E-state index contributed by atoms with van der Waals surface area (Å²) in [4.78, 5) is 0. The van der Waals surface area contributed by atoms with Crippen molar-refractivity contribution in [3.05, 3.63) is 36.4 Å². The molecule has 0 spiro atoms. The lowest BCUT2D eigenvalue weighted by atomic mass is 10.1. The van der Waals surface area contributed by atoms with Crippen molar-refractivity contribution in [1.29, 1.82) is 0 Å². The first-order valence-corrected chi connectivity index (χ1v) is 5.86. The van der Waals surface area contributed by atoms with E-state index in [2.05, 4.69) is 24.3 Å². The molecule has 2 nitrogen and oxygen atoms in total. The lowest BCUT2D eigenvalue weighted by molar-refractivity contribution is 0.417. The van der Waals surface area contributed by atoms with Gasteiger partial charge in [0.1, 0.15) is 5.75 Å². The number of methoxy groups -OCH3 is 1. The minimum atomic E-state index is 0.693. The van der Waals surface area contributed by atoms with Crippen LogP contribution in [0.1, 0.15) is 0 Å². The lowest BCUT2D eigenvalue weighted by Gasteiger charge is -2.03. The van der Waals surface area contributed by atoms with E-state index in [1.807, 2.05) is 12.1 Å². The summed E-state index contributed by atoms with van der Waals surface area (Å²) in [6, 6.07) is 12.4. The standard InChI is InChI=1S/C13H11NOS/c1-15-11-7-13-9(6-10(11)14)8-4-2-3-5-12(8)16-13/h2-7H,14H2,1H3. The van der Waals surface area contributed by atoms with Crippen molar-refractivity contribution in [2.45, 2.75) is 0 Å². The zero-order chi connectivity index (χ0) is 11.1. The van der Waals surface area contributed by atoms with Crippen LogP contribution < -0.4 is 10.5 Å². The summed E-state index contributed by atoms with van der Waals surface area (Å²) in [6.07, 6.45) is 0. The molecular weight excluding hydrogens is 218 g/mol. The molecule has 0 saturated carbocycles. The monoisotopic (exact) mass is 229 g/mol. The van der Waals surface area contributed by atoms with Gasteiger partial charge in [-0.15, -0.1) is 11.3 Å². The number of fused-ring (bicyclic) bond motifs is 3. The molecule has 3 rings (SSSR count). The largest absolute Gasteiger partial charge is 0.495 e. The molecule has 0 amide bonds. The van der Waals surface area contributed by atoms with E-state index in [0.29, 0.717) is 5.69 Å². The average molecular weight is 229 g/mol. The topological polar surface area (TPSA) is 35.2 Å². The van der Waals surface area contributed by atoms with Gasteiger partial charge in [0.2, 0.25) is 0 Å². The van der Waals surface area contributed by atoms with Crippen LogP contribution in [0.4, 0.5) is 5.69 Å². The van der Waals surface area contributed by atoms with Crippen LogP contribution in [0.3, 0.4) is 0 Å². The molecule has 16 heavy (non-hydrogen) atoms. The van der Waals surface area contributed by atoms with E-state index in [4.69, 9.17) is 10.5 Å². The molecule has 0 bridgehead atoms. The minimum Gasteiger partial charge on any atom is -0.495 e. The van der Waals surface area contributed by atoms with Gasteiger partial charge in [0.15, 0.2) is 0 Å². The first kappa shape index (κ1) is 9.48. The van der Waals surface area contributed by atoms with Gasteiger partial charge in [0.05, 0.1) is 12.8 Å². The Morgan fingerprint density at radius 1 is 1.06 bits per heavy atom. The van der Waals surface area contributed by atoms with Crippen LogP contribution in [0, 0.1) is 0 Å². The van der Waals surface area contributed by atoms with Gasteiger partial charge < -0.3 is 10.5 Å². The van der Waals surface area contributed by atoms with E-state index in [1.54, 1.807) is 18.4 Å². The summed E-state index contributed by atoms with van der Waals surface area (Å²) in [6.45, 7) is 0. The molecule has 1 heterocycles. The molecule has 1 aromatic heterocycles. The van der Waals surface area contributed by atoms with Gasteiger partial charge in [-0.1, -0.05) is 18.2 Å². The van der Waals surface area contributed by atoms with Crippen LogP contribution in [0.2, 0.25) is 0 Å². The molecule has 2 aromatic carbocycles. The van der Waals surface area contributed by atoms with E-state index in [-0.39, 0.29) is 0 Å². The quantitative estimate of drug-likeness (QED) is 0.646. The van der Waals surface area contributed by atoms with Crippen LogP contribution in [-0.4, -0.2) is 7.11 Å². The number of ether oxygens (including phenoxy) is 1. The number of nitrogens with two attached hydrogens (primary N) is 1. The van der Waals surface area contributed by atoms with Crippen molar-refractivity contribution in [3.63, 3.8) is 0 Å². The minimum absolute atomic E-state index is 0.693. The van der Waals surface area contributed by atoms with Crippen LogP contribution in [0.15, 0.2) is 36.4 Å². The third-order valence-corrected chi connectivity index (χ3v) is 3.86. The van der Waals surface area contributed by atoms with Gasteiger partial charge in [-0.05, 0) is 12.1 Å². The number of hydrogen-bond donors (Lipinski definition) is 1. The van der Waals surface area contributed by atoms with Gasteiger partial charge >= 0.3 is 0 Å². The summed E-state index contributed by atoms with van der Waals surface area (Å²) in [5, 5.41) is 2.47. The van der Waals surface area contributed by atoms with Crippen LogP contribution in [0.25, 0.3) is 20.2 Å². The van der Waals surface area contributed by atoms with E-state index < -0.39 is 0 Å². The molecule has 0 aliphatic heterocycles. The third kappa shape index (κ3) is 1.25. The molecule has 0 atom stereocenters. The normalized spacial score (nSPS) is 11.1. The maximum Gasteiger partial charge on any atom is 0.143 e. The van der Waals surface area contributed by atoms with Gasteiger partial charge in [-0.3, -0.25) is 0 Å². The Balaban J connectivity index is 2.46. The Kier molecular flexibility index (Phi) is 2.01. The number of rotatable bonds is 1. The predicted octanol–water partition coefficient (Wildman–Crippen LogP) is 3.65. The second kappa shape index (κ2) is 3.39. The molecule has 3 heteroatoms. The SMILES string of the molecule is COc1cc2sc3ccccc3c2cc1N. The average Bonchev–Trinajstić information content (AvgIpc) is 2.66. The number of anilines is 1. The molecule has 0 fully saturated rings. The molecule has 80 valence electrons. The van der Waals surface area contributed by atoms with E-state index in [0.717, 1.165) is 5.75 Å². The maximum absolute atomic E-state index is 5.93. The summed E-state index contributed by atoms with van der Waals surface area (Å²) >= 11 is 1.76. The predicted molar refractivity (Wildman–Crippen MR) is 70.3 cm³/mol. The Labute approximate surface area is 97.3 Å². The van der Waals surface area contributed by atoms with Gasteiger partial charge in [0, 0.05) is 26.2 Å². The first-order chi connectivity index (χ1) is 7.79. The van der Waals surface area contributed by atoms with Crippen LogP contribution >= 0.6 is 11.3 Å². The zero-order valence-electron chi connectivity index (χ0n) is 8.86. The second-order valence-electron chi connectivity index (χ2n) is 3.69. The van der Waals surface area contributed by atoms with Gasteiger partial charge in [0.25, 0.3) is 0 Å². The van der Waals surface area contributed by atoms with Crippen LogP contribution in [-0.2, 0) is 0 Å². The molecule has 0 aliphatic rings. The number of nitrogen functional groups attached to an aromatic ring is 1. The first-order valence-electron chi connectivity index (χ1n) is 5.04. The Bertz CT molecular complexity index is 672. The third-order valence-electron chi connectivity index (χ3n) is 2.73. The van der Waals surface area contributed by atoms with Crippen molar-refractivity contribution in [1.82, 2.24) is 0 Å². The number of benzene rings is 2. The summed E-state index contributed by atoms with van der Waals surface area (Å²) in [7, 11) is 1.64. The fourth-order valence-electron chi connectivity index (χ4n) is 1.95. The Hall–Kier alpha value is -1.74. The van der Waals surface area contributed by atoms with Gasteiger partial charge in [-0.25, -0.2) is 0 Å². The van der Waals surface area contributed by atoms with E-state index in [9.17, 15) is 0 Å². The smallest absolute Gasteiger partial charge is 0.143 e. The highest BCUT2D eigenvalue weighted by atomic mass is 32.1. The molecule has 0 aliphatic carbocycles. The number of hydrogen-bond acceptors (Lipinski definition) is 3. The Morgan fingerprint density at radius 2 is 1.88 bits per heavy atom. The second-order valence-corrected chi connectivity index (χ2v) is 4.77.